The number of pyridine rings is 1. The van der Waals surface area contributed by atoms with E-state index in [1.807, 2.05) is 84.9 Å². The Bertz CT molecular complexity index is 2470. The van der Waals surface area contributed by atoms with E-state index in [2.05, 4.69) is 41.7 Å². The zero-order valence-corrected chi connectivity index (χ0v) is 28.8. The van der Waals surface area contributed by atoms with Crippen LogP contribution < -0.4 is 5.32 Å². The number of para-hydroxylation sites is 1. The monoisotopic (exact) mass is 704 g/mol. The number of benzene rings is 6. The molecule has 0 fully saturated rings. The van der Waals surface area contributed by atoms with Gasteiger partial charge in [0.2, 0.25) is 0 Å². The molecular weight excluding hydrogens is 670 g/mol. The molecule has 7 aromatic rings. The quantitative estimate of drug-likeness (QED) is 0.149. The first kappa shape index (κ1) is 34.1. The minimum absolute atomic E-state index is 0.0222. The van der Waals surface area contributed by atoms with Crippen LogP contribution in [0, 0.1) is 0 Å². The first-order valence-electron chi connectivity index (χ1n) is 17.6. The predicted octanol–water partition coefficient (Wildman–Crippen LogP) is 10.7. The molecule has 6 aromatic carbocycles. The lowest BCUT2D eigenvalue weighted by Crippen LogP contribution is -2.12. The third kappa shape index (κ3) is 7.21. The van der Waals surface area contributed by atoms with Crippen LogP contribution in [0.1, 0.15) is 44.5 Å². The van der Waals surface area contributed by atoms with Gasteiger partial charge in [0.15, 0.2) is 0 Å². The van der Waals surface area contributed by atoms with E-state index in [0.29, 0.717) is 42.6 Å². The maximum Gasteiger partial charge on any atom is 0.418 e. The normalized spacial score (nSPS) is 12.1. The van der Waals surface area contributed by atoms with Crippen molar-refractivity contribution in [1.29, 1.82) is 0 Å². The number of carboxylic acids is 1. The largest absolute Gasteiger partial charge is 0.481 e. The van der Waals surface area contributed by atoms with Gasteiger partial charge in [-0.2, -0.15) is 13.2 Å². The molecule has 0 radical (unpaired) electrons. The number of carbonyl (C=O) groups is 1. The highest BCUT2D eigenvalue weighted by Crippen LogP contribution is 2.45. The summed E-state index contributed by atoms with van der Waals surface area (Å²) in [5.74, 6) is -0.870. The van der Waals surface area contributed by atoms with Crippen LogP contribution in [0.4, 0.5) is 13.2 Å². The van der Waals surface area contributed by atoms with Crippen molar-refractivity contribution in [2.75, 3.05) is 0 Å². The highest BCUT2D eigenvalue weighted by Gasteiger charge is 2.34. The fraction of sp³-hybridized carbons (Fsp3) is 0.130. The van der Waals surface area contributed by atoms with Crippen LogP contribution in [0.5, 0.6) is 0 Å². The SMILES string of the molecule is O=C(O)Cc1ccc(CNCc2cccc(-c3cc(-c4cc(Cc5ccccc5)cc5c4Cc4ccccc4-5)nc4c(C(F)(F)F)cccc34)c2)cc1. The lowest BCUT2D eigenvalue weighted by molar-refractivity contribution is -0.137. The van der Waals surface area contributed by atoms with Crippen molar-refractivity contribution in [2.24, 2.45) is 0 Å². The fourth-order valence-electron chi connectivity index (χ4n) is 7.46. The van der Waals surface area contributed by atoms with E-state index >= 15 is 0 Å². The van der Waals surface area contributed by atoms with Crippen molar-refractivity contribution in [3.8, 4) is 33.5 Å². The number of alkyl halides is 3. The summed E-state index contributed by atoms with van der Waals surface area (Å²) in [4.78, 5) is 15.9. The summed E-state index contributed by atoms with van der Waals surface area (Å²) in [6.45, 7) is 1.10. The van der Waals surface area contributed by atoms with Crippen LogP contribution in [0.2, 0.25) is 0 Å². The second-order valence-corrected chi connectivity index (χ2v) is 13.6. The topological polar surface area (TPSA) is 62.2 Å². The van der Waals surface area contributed by atoms with E-state index in [4.69, 9.17) is 10.1 Å². The molecule has 0 unspecified atom stereocenters. The molecular formula is C46H35F3N2O2. The molecule has 0 saturated carbocycles. The molecule has 0 bridgehead atoms. The van der Waals surface area contributed by atoms with Crippen LogP contribution in [0.15, 0.2) is 140 Å². The van der Waals surface area contributed by atoms with Gasteiger partial charge in [-0.25, -0.2) is 4.98 Å². The Kier molecular flexibility index (Phi) is 9.10. The number of rotatable bonds is 10. The number of aromatic nitrogens is 1. The van der Waals surface area contributed by atoms with E-state index < -0.39 is 17.7 Å². The van der Waals surface area contributed by atoms with E-state index in [0.717, 1.165) is 61.7 Å². The van der Waals surface area contributed by atoms with Gasteiger partial charge >= 0.3 is 12.1 Å². The highest BCUT2D eigenvalue weighted by molar-refractivity contribution is 5.99. The summed E-state index contributed by atoms with van der Waals surface area (Å²) in [7, 11) is 0. The van der Waals surface area contributed by atoms with Crippen molar-refractivity contribution in [2.45, 2.75) is 38.5 Å². The number of hydrogen-bond donors (Lipinski definition) is 2. The Morgan fingerprint density at radius 1 is 0.642 bits per heavy atom. The zero-order chi connectivity index (χ0) is 36.5. The van der Waals surface area contributed by atoms with Crippen LogP contribution in [0.3, 0.4) is 0 Å². The highest BCUT2D eigenvalue weighted by atomic mass is 19.4. The van der Waals surface area contributed by atoms with Gasteiger partial charge in [0.05, 0.1) is 23.2 Å². The molecule has 0 aliphatic heterocycles. The summed E-state index contributed by atoms with van der Waals surface area (Å²) in [5, 5.41) is 12.9. The van der Waals surface area contributed by atoms with Gasteiger partial charge in [0, 0.05) is 24.0 Å². The first-order valence-corrected chi connectivity index (χ1v) is 17.6. The minimum atomic E-state index is -4.59. The molecule has 1 aromatic heterocycles. The molecule has 7 heteroatoms. The van der Waals surface area contributed by atoms with E-state index in [1.54, 1.807) is 6.07 Å². The molecule has 262 valence electrons. The van der Waals surface area contributed by atoms with Crippen LogP contribution in [-0.4, -0.2) is 16.1 Å². The number of hydrogen-bond acceptors (Lipinski definition) is 3. The Balaban J connectivity index is 1.21. The Hall–Kier alpha value is -6.05. The average molecular weight is 705 g/mol. The van der Waals surface area contributed by atoms with Crippen molar-refractivity contribution < 1.29 is 23.1 Å². The Labute approximate surface area is 305 Å². The van der Waals surface area contributed by atoms with E-state index in [-0.39, 0.29) is 11.9 Å². The average Bonchev–Trinajstić information content (AvgIpc) is 3.53. The lowest BCUT2D eigenvalue weighted by atomic mass is 9.90. The second kappa shape index (κ2) is 14.2. The summed E-state index contributed by atoms with van der Waals surface area (Å²) in [5.41, 5.74) is 11.5. The van der Waals surface area contributed by atoms with Crippen molar-refractivity contribution in [3.63, 3.8) is 0 Å². The summed E-state index contributed by atoms with van der Waals surface area (Å²) in [6, 6.07) is 44.4. The molecule has 53 heavy (non-hydrogen) atoms. The van der Waals surface area contributed by atoms with Crippen LogP contribution >= 0.6 is 0 Å². The number of fused-ring (bicyclic) bond motifs is 4. The molecule has 0 saturated heterocycles. The van der Waals surface area contributed by atoms with Crippen LogP contribution in [0.25, 0.3) is 44.4 Å². The molecule has 1 aliphatic carbocycles. The van der Waals surface area contributed by atoms with Gasteiger partial charge < -0.3 is 10.4 Å². The van der Waals surface area contributed by atoms with E-state index in [1.165, 1.54) is 11.6 Å². The maximum atomic E-state index is 14.6. The number of nitrogens with zero attached hydrogens (tertiary/aromatic N) is 1. The third-order valence-electron chi connectivity index (χ3n) is 9.93. The Morgan fingerprint density at radius 2 is 1.34 bits per heavy atom. The van der Waals surface area contributed by atoms with E-state index in [9.17, 15) is 18.0 Å². The molecule has 1 heterocycles. The smallest absolute Gasteiger partial charge is 0.418 e. The van der Waals surface area contributed by atoms with Crippen molar-refractivity contribution >= 4 is 16.9 Å². The predicted molar refractivity (Wildman–Crippen MR) is 203 cm³/mol. The standard InChI is InChI=1S/C46H35F3N2O2/c47-46(48,49)42-15-7-14-37-38(34-12-6-10-32(21-34)28-50-27-31-18-16-30(17-19-31)24-44(52)53)26-43(51-45(37)42)41-23-33(20-29-8-2-1-3-9-29)22-39-36-13-5-4-11-35(36)25-40(39)41/h1-19,21-23,26,50H,20,24-25,27-28H2,(H,52,53). The molecule has 2 N–H and O–H groups in total. The molecule has 0 amide bonds. The number of aliphatic carboxylic acids is 1. The fourth-order valence-corrected chi connectivity index (χ4v) is 7.46. The molecule has 0 atom stereocenters. The molecule has 8 rings (SSSR count). The molecule has 0 spiro atoms. The third-order valence-corrected chi connectivity index (χ3v) is 9.93. The van der Waals surface area contributed by atoms with Crippen LogP contribution in [-0.2, 0) is 43.3 Å². The van der Waals surface area contributed by atoms with Crippen molar-refractivity contribution in [3.05, 3.63) is 184 Å². The van der Waals surface area contributed by atoms with Crippen molar-refractivity contribution in [1.82, 2.24) is 10.3 Å². The summed E-state index contributed by atoms with van der Waals surface area (Å²) < 4.78 is 43.9. The Morgan fingerprint density at radius 3 is 2.13 bits per heavy atom. The zero-order valence-electron chi connectivity index (χ0n) is 28.8. The van der Waals surface area contributed by atoms with Gasteiger partial charge in [-0.3, -0.25) is 4.79 Å². The second-order valence-electron chi connectivity index (χ2n) is 13.6. The van der Waals surface area contributed by atoms with Gasteiger partial charge in [0.1, 0.15) is 0 Å². The minimum Gasteiger partial charge on any atom is -0.481 e. The lowest BCUT2D eigenvalue weighted by Gasteiger charge is -2.18. The summed E-state index contributed by atoms with van der Waals surface area (Å²) in [6.07, 6.45) is -3.26. The summed E-state index contributed by atoms with van der Waals surface area (Å²) >= 11 is 0. The van der Waals surface area contributed by atoms with Gasteiger partial charge in [-0.1, -0.05) is 115 Å². The van der Waals surface area contributed by atoms with Gasteiger partial charge in [-0.15, -0.1) is 0 Å². The number of carboxylic acid groups (broad SMARTS) is 1. The number of nitrogens with one attached hydrogen (secondary N) is 1. The van der Waals surface area contributed by atoms with Gasteiger partial charge in [-0.05, 0) is 98.3 Å². The first-order chi connectivity index (χ1) is 25.7. The van der Waals surface area contributed by atoms with Gasteiger partial charge in [0.25, 0.3) is 0 Å². The molecule has 4 nitrogen and oxygen atoms in total. The number of halogens is 3. The maximum absolute atomic E-state index is 14.6. The molecule has 1 aliphatic rings.